The molecule has 0 unspecified atom stereocenters. The third-order valence-electron chi connectivity index (χ3n) is 3.61. The Labute approximate surface area is 96.9 Å². The van der Waals surface area contributed by atoms with Gasteiger partial charge in [0.2, 0.25) is 5.91 Å². The zero-order chi connectivity index (χ0) is 11.4. The molecule has 16 heavy (non-hydrogen) atoms. The van der Waals surface area contributed by atoms with Crippen molar-refractivity contribution in [3.05, 3.63) is 0 Å². The molecule has 0 bridgehead atoms. The maximum absolute atomic E-state index is 10.8. The quantitative estimate of drug-likeness (QED) is 0.637. The topological polar surface area (TPSA) is 61.6 Å². The monoisotopic (exact) mass is 226 g/mol. The Morgan fingerprint density at radius 2 is 1.81 bits per heavy atom. The Bertz CT molecular complexity index is 232. The van der Waals surface area contributed by atoms with Gasteiger partial charge in [-0.25, -0.2) is 0 Å². The van der Waals surface area contributed by atoms with Gasteiger partial charge in [0.05, 0.1) is 6.54 Å². The van der Waals surface area contributed by atoms with E-state index < -0.39 is 0 Å². The second-order valence-electron chi connectivity index (χ2n) is 4.76. The lowest BCUT2D eigenvalue weighted by Crippen LogP contribution is -2.53. The summed E-state index contributed by atoms with van der Waals surface area (Å²) in [6, 6.07) is 0.747. The Hall–Kier alpha value is -0.650. The number of carbonyl (C=O) groups is 1. The summed E-state index contributed by atoms with van der Waals surface area (Å²) in [5.74, 6) is -0.213. The van der Waals surface area contributed by atoms with Gasteiger partial charge < -0.3 is 11.1 Å². The number of piperazine rings is 1. The third-order valence-corrected chi connectivity index (χ3v) is 3.61. The number of hydrogen-bond acceptors (Lipinski definition) is 4. The second-order valence-corrected chi connectivity index (χ2v) is 4.76. The number of carbonyl (C=O) groups excluding carboxylic acids is 1. The molecular weight excluding hydrogens is 204 g/mol. The molecule has 0 radical (unpaired) electrons. The van der Waals surface area contributed by atoms with E-state index in [1.54, 1.807) is 0 Å². The predicted octanol–water partition coefficient (Wildman–Crippen LogP) is -1.16. The van der Waals surface area contributed by atoms with E-state index in [4.69, 9.17) is 5.73 Å². The predicted molar refractivity (Wildman–Crippen MR) is 63.1 cm³/mol. The van der Waals surface area contributed by atoms with Crippen LogP contribution >= 0.6 is 0 Å². The molecule has 2 aliphatic heterocycles. The summed E-state index contributed by atoms with van der Waals surface area (Å²) in [6.45, 7) is 6.83. The van der Waals surface area contributed by atoms with Gasteiger partial charge in [0.1, 0.15) is 0 Å². The highest BCUT2D eigenvalue weighted by molar-refractivity contribution is 5.75. The van der Waals surface area contributed by atoms with Crippen molar-refractivity contribution in [2.24, 2.45) is 5.73 Å². The van der Waals surface area contributed by atoms with E-state index in [0.29, 0.717) is 6.54 Å². The van der Waals surface area contributed by atoms with Gasteiger partial charge in [0.25, 0.3) is 0 Å². The van der Waals surface area contributed by atoms with Crippen molar-refractivity contribution in [1.29, 1.82) is 0 Å². The van der Waals surface area contributed by atoms with Crippen LogP contribution < -0.4 is 11.1 Å². The van der Waals surface area contributed by atoms with Gasteiger partial charge in [0, 0.05) is 32.2 Å². The van der Waals surface area contributed by atoms with Crippen LogP contribution in [0.5, 0.6) is 0 Å². The van der Waals surface area contributed by atoms with Crippen molar-refractivity contribution in [2.45, 2.75) is 18.9 Å². The number of amides is 1. The number of nitrogens with two attached hydrogens (primary N) is 1. The molecule has 5 nitrogen and oxygen atoms in total. The van der Waals surface area contributed by atoms with Crippen LogP contribution in [-0.2, 0) is 4.79 Å². The van der Waals surface area contributed by atoms with Crippen molar-refractivity contribution in [2.75, 3.05) is 45.8 Å². The molecule has 0 aromatic rings. The normalized spacial score (nSPS) is 25.8. The minimum absolute atomic E-state index is 0.213. The fourth-order valence-corrected chi connectivity index (χ4v) is 2.68. The van der Waals surface area contributed by atoms with Crippen LogP contribution in [0.4, 0.5) is 0 Å². The van der Waals surface area contributed by atoms with Gasteiger partial charge in [-0.15, -0.1) is 0 Å². The Morgan fingerprint density at radius 3 is 2.38 bits per heavy atom. The molecule has 2 fully saturated rings. The third kappa shape index (κ3) is 3.17. The first kappa shape index (κ1) is 11.8. The van der Waals surface area contributed by atoms with Gasteiger partial charge in [-0.05, 0) is 25.9 Å². The van der Waals surface area contributed by atoms with E-state index in [1.807, 2.05) is 0 Å². The summed E-state index contributed by atoms with van der Waals surface area (Å²) in [5, 5.41) is 3.39. The fourth-order valence-electron chi connectivity index (χ4n) is 2.68. The Morgan fingerprint density at radius 1 is 1.19 bits per heavy atom. The van der Waals surface area contributed by atoms with E-state index in [0.717, 1.165) is 45.3 Å². The number of nitrogens with one attached hydrogen (secondary N) is 1. The summed E-state index contributed by atoms with van der Waals surface area (Å²) in [5.41, 5.74) is 5.20. The standard InChI is InChI=1S/C11H22N4O/c12-11(16)9-14-5-7-15(8-6-14)10-1-3-13-4-2-10/h10,13H,1-9H2,(H2,12,16). The summed E-state index contributed by atoms with van der Waals surface area (Å²) < 4.78 is 0. The zero-order valence-electron chi connectivity index (χ0n) is 9.82. The van der Waals surface area contributed by atoms with Crippen molar-refractivity contribution in [1.82, 2.24) is 15.1 Å². The van der Waals surface area contributed by atoms with E-state index in [9.17, 15) is 4.79 Å². The van der Waals surface area contributed by atoms with Crippen LogP contribution in [0.25, 0.3) is 0 Å². The first-order chi connectivity index (χ1) is 7.75. The molecule has 0 aromatic carbocycles. The molecule has 3 N–H and O–H groups in total. The van der Waals surface area contributed by atoms with Crippen LogP contribution in [0, 0.1) is 0 Å². The molecule has 92 valence electrons. The average molecular weight is 226 g/mol. The SMILES string of the molecule is NC(=O)CN1CCN(C2CCNCC2)CC1. The van der Waals surface area contributed by atoms with Gasteiger partial charge in [-0.2, -0.15) is 0 Å². The molecule has 2 heterocycles. The second kappa shape index (κ2) is 5.61. The highest BCUT2D eigenvalue weighted by Crippen LogP contribution is 2.14. The maximum atomic E-state index is 10.8. The average Bonchev–Trinajstić information content (AvgIpc) is 2.30. The van der Waals surface area contributed by atoms with Crippen LogP contribution in [-0.4, -0.2) is 67.6 Å². The van der Waals surface area contributed by atoms with Crippen molar-refractivity contribution in [3.63, 3.8) is 0 Å². The molecule has 2 rings (SSSR count). The molecule has 5 heteroatoms. The van der Waals surface area contributed by atoms with Gasteiger partial charge in [-0.3, -0.25) is 14.6 Å². The van der Waals surface area contributed by atoms with Crippen molar-refractivity contribution in [3.8, 4) is 0 Å². The first-order valence-corrected chi connectivity index (χ1v) is 6.21. The minimum atomic E-state index is -0.213. The maximum Gasteiger partial charge on any atom is 0.231 e. The number of hydrogen-bond donors (Lipinski definition) is 2. The van der Waals surface area contributed by atoms with E-state index in [1.165, 1.54) is 12.8 Å². The van der Waals surface area contributed by atoms with Crippen LogP contribution in [0.15, 0.2) is 0 Å². The number of primary amides is 1. The van der Waals surface area contributed by atoms with Crippen LogP contribution in [0.3, 0.4) is 0 Å². The number of rotatable bonds is 3. The van der Waals surface area contributed by atoms with Crippen LogP contribution in [0.2, 0.25) is 0 Å². The van der Waals surface area contributed by atoms with Gasteiger partial charge in [0.15, 0.2) is 0 Å². The van der Waals surface area contributed by atoms with E-state index in [2.05, 4.69) is 15.1 Å². The fraction of sp³-hybridized carbons (Fsp3) is 0.909. The lowest BCUT2D eigenvalue weighted by atomic mass is 10.0. The highest BCUT2D eigenvalue weighted by Gasteiger charge is 2.25. The van der Waals surface area contributed by atoms with E-state index in [-0.39, 0.29) is 5.91 Å². The first-order valence-electron chi connectivity index (χ1n) is 6.21. The summed E-state index contributed by atoms with van der Waals surface area (Å²) in [6.07, 6.45) is 2.52. The summed E-state index contributed by atoms with van der Waals surface area (Å²) in [7, 11) is 0. The summed E-state index contributed by atoms with van der Waals surface area (Å²) in [4.78, 5) is 15.5. The minimum Gasteiger partial charge on any atom is -0.369 e. The summed E-state index contributed by atoms with van der Waals surface area (Å²) >= 11 is 0. The lowest BCUT2D eigenvalue weighted by Gasteiger charge is -2.40. The molecule has 0 aliphatic carbocycles. The smallest absolute Gasteiger partial charge is 0.231 e. The molecule has 1 amide bonds. The molecule has 0 atom stereocenters. The molecule has 2 saturated heterocycles. The molecule has 0 aromatic heterocycles. The lowest BCUT2D eigenvalue weighted by molar-refractivity contribution is -0.119. The number of piperidine rings is 1. The molecule has 2 aliphatic rings. The van der Waals surface area contributed by atoms with Gasteiger partial charge in [-0.1, -0.05) is 0 Å². The zero-order valence-corrected chi connectivity index (χ0v) is 9.82. The largest absolute Gasteiger partial charge is 0.369 e. The van der Waals surface area contributed by atoms with Crippen molar-refractivity contribution >= 4 is 5.91 Å². The molecule has 0 saturated carbocycles. The molecular formula is C11H22N4O. The van der Waals surface area contributed by atoms with Crippen LogP contribution in [0.1, 0.15) is 12.8 Å². The molecule has 0 spiro atoms. The van der Waals surface area contributed by atoms with Gasteiger partial charge >= 0.3 is 0 Å². The number of nitrogens with zero attached hydrogens (tertiary/aromatic N) is 2. The highest BCUT2D eigenvalue weighted by atomic mass is 16.1. The van der Waals surface area contributed by atoms with E-state index >= 15 is 0 Å². The Kier molecular flexibility index (Phi) is 4.15. The van der Waals surface area contributed by atoms with Crippen molar-refractivity contribution < 1.29 is 4.79 Å². The Balaban J connectivity index is 1.73.